The van der Waals surface area contributed by atoms with Gasteiger partial charge in [0.2, 0.25) is 5.91 Å². The van der Waals surface area contributed by atoms with Crippen LogP contribution in [0, 0.1) is 5.92 Å². The lowest BCUT2D eigenvalue weighted by molar-refractivity contribution is -0.129. The van der Waals surface area contributed by atoms with E-state index in [1.165, 1.54) is 6.42 Å². The minimum atomic E-state index is -0.181. The molecule has 1 saturated carbocycles. The molecule has 1 rings (SSSR count). The second-order valence-electron chi connectivity index (χ2n) is 4.81. The zero-order chi connectivity index (χ0) is 12.7. The second kappa shape index (κ2) is 7.67. The summed E-state index contributed by atoms with van der Waals surface area (Å²) in [5, 5.41) is 13.0. The zero-order valence-electron chi connectivity index (χ0n) is 11.1. The highest BCUT2D eigenvalue weighted by Gasteiger charge is 2.22. The van der Waals surface area contributed by atoms with E-state index in [0.717, 1.165) is 38.9 Å². The fraction of sp³-hybridized carbons (Fsp3) is 0.923. The van der Waals surface area contributed by atoms with Gasteiger partial charge in [0.05, 0.1) is 12.6 Å². The van der Waals surface area contributed by atoms with Crippen molar-refractivity contribution in [3.63, 3.8) is 0 Å². The Balaban J connectivity index is 2.20. The van der Waals surface area contributed by atoms with Crippen molar-refractivity contribution < 1.29 is 9.90 Å². The summed E-state index contributed by atoms with van der Waals surface area (Å²) >= 11 is 0. The van der Waals surface area contributed by atoms with Crippen molar-refractivity contribution in [1.82, 2.24) is 10.2 Å². The molecule has 0 aliphatic heterocycles. The maximum Gasteiger partial charge on any atom is 0.236 e. The fourth-order valence-electron chi connectivity index (χ4n) is 2.48. The average molecular weight is 242 g/mol. The van der Waals surface area contributed by atoms with Crippen molar-refractivity contribution in [3.8, 4) is 0 Å². The molecule has 1 amide bonds. The highest BCUT2D eigenvalue weighted by Crippen LogP contribution is 2.23. The van der Waals surface area contributed by atoms with E-state index in [4.69, 9.17) is 0 Å². The Hall–Kier alpha value is -0.610. The topological polar surface area (TPSA) is 52.6 Å². The average Bonchev–Trinajstić information content (AvgIpc) is 2.33. The summed E-state index contributed by atoms with van der Waals surface area (Å²) in [5.74, 6) is 0.480. The lowest BCUT2D eigenvalue weighted by Gasteiger charge is -2.28. The molecule has 0 aromatic rings. The second-order valence-corrected chi connectivity index (χ2v) is 4.81. The number of carbonyl (C=O) groups excluding carboxylic acids is 1. The van der Waals surface area contributed by atoms with Gasteiger partial charge in [0.1, 0.15) is 0 Å². The molecular weight excluding hydrogens is 216 g/mol. The zero-order valence-corrected chi connectivity index (χ0v) is 11.1. The third-order valence-electron chi connectivity index (χ3n) is 3.67. The molecule has 2 atom stereocenters. The lowest BCUT2D eigenvalue weighted by atomic mass is 9.86. The quantitative estimate of drug-likeness (QED) is 0.730. The van der Waals surface area contributed by atoms with Crippen LogP contribution in [0.3, 0.4) is 0 Å². The Morgan fingerprint density at radius 1 is 1.29 bits per heavy atom. The number of carbonyl (C=O) groups is 1. The van der Waals surface area contributed by atoms with Gasteiger partial charge in [-0.2, -0.15) is 0 Å². The molecule has 1 aliphatic rings. The van der Waals surface area contributed by atoms with E-state index in [9.17, 15) is 9.90 Å². The van der Waals surface area contributed by atoms with Crippen molar-refractivity contribution in [1.29, 1.82) is 0 Å². The smallest absolute Gasteiger partial charge is 0.236 e. The third-order valence-corrected chi connectivity index (χ3v) is 3.67. The molecule has 0 spiro atoms. The van der Waals surface area contributed by atoms with Crippen molar-refractivity contribution in [2.45, 2.75) is 45.6 Å². The van der Waals surface area contributed by atoms with Crippen LogP contribution in [-0.4, -0.2) is 48.2 Å². The number of hydrogen-bond donors (Lipinski definition) is 2. The molecule has 0 bridgehead atoms. The summed E-state index contributed by atoms with van der Waals surface area (Å²) in [6.45, 7) is 6.67. The van der Waals surface area contributed by atoms with Gasteiger partial charge in [-0.05, 0) is 32.6 Å². The maximum absolute atomic E-state index is 11.7. The minimum Gasteiger partial charge on any atom is -0.393 e. The number of nitrogens with zero attached hydrogens (tertiary/aromatic N) is 1. The molecular formula is C13H26N2O2. The van der Waals surface area contributed by atoms with Gasteiger partial charge in [0.25, 0.3) is 0 Å². The highest BCUT2D eigenvalue weighted by atomic mass is 16.3. The number of aliphatic hydroxyl groups is 1. The summed E-state index contributed by atoms with van der Waals surface area (Å²) in [7, 11) is 0. The number of amides is 1. The molecule has 17 heavy (non-hydrogen) atoms. The van der Waals surface area contributed by atoms with Crippen molar-refractivity contribution >= 4 is 5.91 Å². The van der Waals surface area contributed by atoms with Crippen LogP contribution in [0.5, 0.6) is 0 Å². The molecule has 1 fully saturated rings. The Morgan fingerprint density at radius 2 is 1.94 bits per heavy atom. The summed E-state index contributed by atoms with van der Waals surface area (Å²) in [4.78, 5) is 13.6. The van der Waals surface area contributed by atoms with E-state index in [-0.39, 0.29) is 12.0 Å². The minimum absolute atomic E-state index is 0.153. The van der Waals surface area contributed by atoms with Gasteiger partial charge in [-0.15, -0.1) is 0 Å². The Labute approximate surface area is 104 Å². The first kappa shape index (κ1) is 14.5. The predicted octanol–water partition coefficient (Wildman–Crippen LogP) is 0.995. The predicted molar refractivity (Wildman–Crippen MR) is 68.8 cm³/mol. The first-order valence-corrected chi connectivity index (χ1v) is 6.85. The molecule has 2 unspecified atom stereocenters. The lowest BCUT2D eigenvalue weighted by Crippen LogP contribution is -2.41. The summed E-state index contributed by atoms with van der Waals surface area (Å²) in [5.41, 5.74) is 0. The first-order valence-electron chi connectivity index (χ1n) is 6.85. The molecule has 4 heteroatoms. The van der Waals surface area contributed by atoms with Crippen LogP contribution in [0.2, 0.25) is 0 Å². The highest BCUT2D eigenvalue weighted by molar-refractivity contribution is 5.78. The van der Waals surface area contributed by atoms with Crippen molar-refractivity contribution in [2.24, 2.45) is 5.92 Å². The standard InChI is InChI=1S/C13H26N2O2/c1-3-15(4-2)13(17)10-14-9-11-7-5-6-8-12(11)16/h11-12,14,16H,3-10H2,1-2H3. The summed E-state index contributed by atoms with van der Waals surface area (Å²) in [6, 6.07) is 0. The van der Waals surface area contributed by atoms with Crippen LogP contribution >= 0.6 is 0 Å². The Bertz CT molecular complexity index is 229. The number of nitrogens with one attached hydrogen (secondary N) is 1. The van der Waals surface area contributed by atoms with E-state index in [1.54, 1.807) is 0 Å². The first-order chi connectivity index (χ1) is 8.19. The number of likely N-dealkylation sites (N-methyl/N-ethyl adjacent to an activating group) is 1. The number of rotatable bonds is 6. The summed E-state index contributed by atoms with van der Waals surface area (Å²) < 4.78 is 0. The maximum atomic E-state index is 11.7. The van der Waals surface area contributed by atoms with Gasteiger partial charge in [-0.25, -0.2) is 0 Å². The summed E-state index contributed by atoms with van der Waals surface area (Å²) in [6.07, 6.45) is 4.15. The number of aliphatic hydroxyl groups excluding tert-OH is 1. The largest absolute Gasteiger partial charge is 0.393 e. The van der Waals surface area contributed by atoms with Crippen LogP contribution in [0.25, 0.3) is 0 Å². The van der Waals surface area contributed by atoms with Crippen LogP contribution in [0.15, 0.2) is 0 Å². The van der Waals surface area contributed by atoms with E-state index in [1.807, 2.05) is 18.7 Å². The fourth-order valence-corrected chi connectivity index (χ4v) is 2.48. The molecule has 0 aromatic carbocycles. The van der Waals surface area contributed by atoms with Gasteiger partial charge in [0.15, 0.2) is 0 Å². The van der Waals surface area contributed by atoms with E-state index in [2.05, 4.69) is 5.32 Å². The molecule has 2 N–H and O–H groups in total. The van der Waals surface area contributed by atoms with Crippen molar-refractivity contribution in [2.75, 3.05) is 26.2 Å². The molecule has 0 heterocycles. The number of hydrogen-bond acceptors (Lipinski definition) is 3. The van der Waals surface area contributed by atoms with E-state index >= 15 is 0 Å². The Morgan fingerprint density at radius 3 is 2.53 bits per heavy atom. The SMILES string of the molecule is CCN(CC)C(=O)CNCC1CCCCC1O. The Kier molecular flexibility index (Phi) is 6.52. The molecule has 1 aliphatic carbocycles. The molecule has 4 nitrogen and oxygen atoms in total. The van der Waals surface area contributed by atoms with Crippen LogP contribution < -0.4 is 5.32 Å². The third kappa shape index (κ3) is 4.64. The molecule has 100 valence electrons. The normalized spacial score (nSPS) is 24.6. The van der Waals surface area contributed by atoms with Crippen LogP contribution in [0.1, 0.15) is 39.5 Å². The molecule has 0 aromatic heterocycles. The van der Waals surface area contributed by atoms with E-state index < -0.39 is 0 Å². The van der Waals surface area contributed by atoms with Crippen molar-refractivity contribution in [3.05, 3.63) is 0 Å². The van der Waals surface area contributed by atoms with E-state index in [0.29, 0.717) is 12.5 Å². The van der Waals surface area contributed by atoms with Crippen LogP contribution in [-0.2, 0) is 4.79 Å². The van der Waals surface area contributed by atoms with Gasteiger partial charge in [-0.3, -0.25) is 4.79 Å². The molecule has 0 radical (unpaired) electrons. The van der Waals surface area contributed by atoms with Gasteiger partial charge >= 0.3 is 0 Å². The monoisotopic (exact) mass is 242 g/mol. The van der Waals surface area contributed by atoms with Gasteiger partial charge in [0, 0.05) is 19.6 Å². The molecule has 0 saturated heterocycles. The van der Waals surface area contributed by atoms with Crippen LogP contribution in [0.4, 0.5) is 0 Å². The van der Waals surface area contributed by atoms with Gasteiger partial charge < -0.3 is 15.3 Å². The van der Waals surface area contributed by atoms with Gasteiger partial charge in [-0.1, -0.05) is 12.8 Å².